The maximum atomic E-state index is 12.4. The maximum absolute atomic E-state index is 12.4. The van der Waals surface area contributed by atoms with Gasteiger partial charge in [-0.05, 0) is 40.0 Å². The predicted octanol–water partition coefficient (Wildman–Crippen LogP) is 1.12. The van der Waals surface area contributed by atoms with Crippen molar-refractivity contribution in [1.29, 1.82) is 0 Å². The molecule has 0 aromatic rings. The molecule has 0 radical (unpaired) electrons. The normalized spacial score (nSPS) is 26.2. The van der Waals surface area contributed by atoms with E-state index in [0.29, 0.717) is 12.8 Å². The zero-order chi connectivity index (χ0) is 19.5. The van der Waals surface area contributed by atoms with E-state index in [4.69, 9.17) is 9.84 Å². The second-order valence-corrected chi connectivity index (χ2v) is 7.83. The van der Waals surface area contributed by atoms with Gasteiger partial charge in [-0.1, -0.05) is 6.42 Å². The number of amides is 3. The maximum Gasteiger partial charge on any atom is 0.408 e. The Bertz CT molecular complexity index is 586. The number of hydrogen-bond donors (Lipinski definition) is 3. The van der Waals surface area contributed by atoms with Crippen LogP contribution in [0.15, 0.2) is 0 Å². The van der Waals surface area contributed by atoms with Crippen LogP contribution >= 0.6 is 0 Å². The number of ketones is 1. The second kappa shape index (κ2) is 7.92. The first kappa shape index (κ1) is 20.0. The van der Waals surface area contributed by atoms with Gasteiger partial charge in [-0.25, -0.2) is 14.4 Å². The fourth-order valence-corrected chi connectivity index (χ4v) is 3.37. The number of carbonyl (C=O) groups is 4. The van der Waals surface area contributed by atoms with E-state index in [-0.39, 0.29) is 30.8 Å². The summed E-state index contributed by atoms with van der Waals surface area (Å²) in [7, 11) is 0. The third kappa shape index (κ3) is 5.34. The van der Waals surface area contributed by atoms with Crippen LogP contribution < -0.4 is 10.6 Å². The number of urea groups is 1. The van der Waals surface area contributed by atoms with Gasteiger partial charge in [-0.2, -0.15) is 0 Å². The highest BCUT2D eigenvalue weighted by molar-refractivity contribution is 5.87. The van der Waals surface area contributed by atoms with Crippen LogP contribution in [0, 0.1) is 5.92 Å². The van der Waals surface area contributed by atoms with E-state index in [9.17, 15) is 19.2 Å². The molecule has 0 spiro atoms. The molecule has 1 aliphatic carbocycles. The minimum Gasteiger partial charge on any atom is -0.480 e. The van der Waals surface area contributed by atoms with Crippen molar-refractivity contribution in [2.75, 3.05) is 13.1 Å². The van der Waals surface area contributed by atoms with E-state index in [0.717, 1.165) is 12.8 Å². The number of Topliss-reactive ketones (excluding diaryl/α,β-unsaturated/α-hetero) is 1. The number of nitrogens with zero attached hydrogens (tertiary/aromatic N) is 1. The van der Waals surface area contributed by atoms with Crippen LogP contribution in [0.2, 0.25) is 0 Å². The average Bonchev–Trinajstić information content (AvgIpc) is 2.93. The van der Waals surface area contributed by atoms with Crippen LogP contribution in [0.25, 0.3) is 0 Å². The molecule has 1 saturated carbocycles. The summed E-state index contributed by atoms with van der Waals surface area (Å²) in [5, 5.41) is 13.9. The van der Waals surface area contributed by atoms with Gasteiger partial charge in [0.2, 0.25) is 0 Å². The van der Waals surface area contributed by atoms with Crippen LogP contribution in [0.5, 0.6) is 0 Å². The lowest BCUT2D eigenvalue weighted by atomic mass is 9.82. The molecule has 2 aliphatic rings. The molecule has 146 valence electrons. The molecule has 2 fully saturated rings. The van der Waals surface area contributed by atoms with E-state index >= 15 is 0 Å². The van der Waals surface area contributed by atoms with Crippen LogP contribution in [-0.2, 0) is 14.3 Å². The lowest BCUT2D eigenvalue weighted by Gasteiger charge is -2.34. The zero-order valence-electron chi connectivity index (χ0n) is 15.4. The number of alkyl carbamates (subject to hydrolysis) is 1. The highest BCUT2D eigenvalue weighted by atomic mass is 16.6. The highest BCUT2D eigenvalue weighted by Gasteiger charge is 2.40. The number of hydrogen-bond acceptors (Lipinski definition) is 5. The molecule has 0 aromatic heterocycles. The number of carboxylic acid groups (broad SMARTS) is 1. The number of carboxylic acids is 1. The molecule has 9 nitrogen and oxygen atoms in total. The summed E-state index contributed by atoms with van der Waals surface area (Å²) in [6.45, 7) is 5.22. The van der Waals surface area contributed by atoms with E-state index in [2.05, 4.69) is 10.6 Å². The summed E-state index contributed by atoms with van der Waals surface area (Å²) in [4.78, 5) is 48.6. The Kier molecular flexibility index (Phi) is 6.09. The first-order valence-electron chi connectivity index (χ1n) is 8.86. The summed E-state index contributed by atoms with van der Waals surface area (Å²) < 4.78 is 5.11. The third-order valence-corrected chi connectivity index (χ3v) is 4.58. The van der Waals surface area contributed by atoms with Crippen LogP contribution in [-0.4, -0.2) is 64.7 Å². The fraction of sp³-hybridized carbons (Fsp3) is 0.765. The summed E-state index contributed by atoms with van der Waals surface area (Å²) in [5.74, 6) is -1.43. The molecule has 1 unspecified atom stereocenters. The Morgan fingerprint density at radius 3 is 2.58 bits per heavy atom. The van der Waals surface area contributed by atoms with Gasteiger partial charge in [0.05, 0.1) is 13.1 Å². The van der Waals surface area contributed by atoms with E-state index in [1.54, 1.807) is 20.8 Å². The Labute approximate surface area is 152 Å². The van der Waals surface area contributed by atoms with Gasteiger partial charge >= 0.3 is 18.1 Å². The molecule has 9 heteroatoms. The van der Waals surface area contributed by atoms with Crippen molar-refractivity contribution in [3.8, 4) is 0 Å². The molecule has 2 rings (SSSR count). The Morgan fingerprint density at radius 2 is 2.00 bits per heavy atom. The average molecular weight is 369 g/mol. The van der Waals surface area contributed by atoms with Crippen molar-refractivity contribution < 1.29 is 29.0 Å². The van der Waals surface area contributed by atoms with Crippen molar-refractivity contribution in [2.24, 2.45) is 5.92 Å². The summed E-state index contributed by atoms with van der Waals surface area (Å²) >= 11 is 0. The Balaban J connectivity index is 1.86. The van der Waals surface area contributed by atoms with Crippen LogP contribution in [0.3, 0.4) is 0 Å². The molecule has 26 heavy (non-hydrogen) atoms. The molecule has 1 heterocycles. The SMILES string of the molecule is CC(C)(C)OC(=O)NCC(=O)[C@H]1CCC[C@H](N2CC(C(=O)O)NC2=O)C1. The molecule has 0 aromatic carbocycles. The van der Waals surface area contributed by atoms with E-state index < -0.39 is 29.7 Å². The van der Waals surface area contributed by atoms with Gasteiger partial charge in [-0.3, -0.25) is 4.79 Å². The van der Waals surface area contributed by atoms with Gasteiger partial charge in [-0.15, -0.1) is 0 Å². The molecular formula is C17H27N3O6. The minimum absolute atomic E-state index is 0.102. The number of aliphatic carboxylic acids is 1. The van der Waals surface area contributed by atoms with Crippen LogP contribution in [0.4, 0.5) is 9.59 Å². The predicted molar refractivity (Wildman–Crippen MR) is 91.7 cm³/mol. The molecule has 3 amide bonds. The smallest absolute Gasteiger partial charge is 0.408 e. The highest BCUT2D eigenvalue weighted by Crippen LogP contribution is 2.29. The standard InChI is InChI=1S/C17H27N3O6/c1-17(2,3)26-16(25)18-8-13(21)10-5-4-6-11(7-10)20-9-12(14(22)23)19-15(20)24/h10-12H,4-9H2,1-3H3,(H,18,25)(H,19,24)(H,22,23)/t10-,11-,12?/m0/s1. The van der Waals surface area contributed by atoms with Gasteiger partial charge < -0.3 is 25.4 Å². The van der Waals surface area contributed by atoms with Gasteiger partial charge in [0.25, 0.3) is 0 Å². The summed E-state index contributed by atoms with van der Waals surface area (Å²) in [6, 6.07) is -1.47. The lowest BCUT2D eigenvalue weighted by molar-refractivity contribution is -0.138. The molecule has 3 N–H and O–H groups in total. The van der Waals surface area contributed by atoms with Gasteiger partial charge in [0, 0.05) is 12.0 Å². The van der Waals surface area contributed by atoms with Crippen molar-refractivity contribution in [3.05, 3.63) is 0 Å². The number of nitrogens with one attached hydrogen (secondary N) is 2. The molecule has 3 atom stereocenters. The Morgan fingerprint density at radius 1 is 1.31 bits per heavy atom. The van der Waals surface area contributed by atoms with Gasteiger partial charge in [0.15, 0.2) is 5.78 Å². The Hall–Kier alpha value is -2.32. The largest absolute Gasteiger partial charge is 0.480 e. The zero-order valence-corrected chi connectivity index (χ0v) is 15.4. The second-order valence-electron chi connectivity index (χ2n) is 7.83. The third-order valence-electron chi connectivity index (χ3n) is 4.58. The quantitative estimate of drug-likeness (QED) is 0.667. The van der Waals surface area contributed by atoms with Crippen molar-refractivity contribution in [3.63, 3.8) is 0 Å². The molecule has 1 saturated heterocycles. The number of rotatable bonds is 5. The number of ether oxygens (including phenoxy) is 1. The molecular weight excluding hydrogens is 342 g/mol. The first-order chi connectivity index (χ1) is 12.1. The molecule has 1 aliphatic heterocycles. The van der Waals surface area contributed by atoms with Crippen molar-refractivity contribution >= 4 is 23.9 Å². The summed E-state index contributed by atoms with van der Waals surface area (Å²) in [5.41, 5.74) is -0.632. The van der Waals surface area contributed by atoms with E-state index in [1.165, 1.54) is 4.90 Å². The first-order valence-corrected chi connectivity index (χ1v) is 8.86. The fourth-order valence-electron chi connectivity index (χ4n) is 3.37. The van der Waals surface area contributed by atoms with Crippen LogP contribution in [0.1, 0.15) is 46.5 Å². The lowest BCUT2D eigenvalue weighted by Crippen LogP contribution is -2.44. The monoisotopic (exact) mass is 369 g/mol. The topological polar surface area (TPSA) is 125 Å². The van der Waals surface area contributed by atoms with Gasteiger partial charge in [0.1, 0.15) is 11.6 Å². The molecule has 0 bridgehead atoms. The van der Waals surface area contributed by atoms with Crippen molar-refractivity contribution in [2.45, 2.75) is 64.1 Å². The van der Waals surface area contributed by atoms with Crippen molar-refractivity contribution in [1.82, 2.24) is 15.5 Å². The van der Waals surface area contributed by atoms with E-state index in [1.807, 2.05) is 0 Å². The summed E-state index contributed by atoms with van der Waals surface area (Å²) in [6.07, 6.45) is 2.05. The number of carbonyl (C=O) groups excluding carboxylic acids is 3. The minimum atomic E-state index is -1.06.